The largest absolute Gasteiger partial charge is 0.351 e. The van der Waals surface area contributed by atoms with Gasteiger partial charge in [-0.3, -0.25) is 0 Å². The second-order valence-electron chi connectivity index (χ2n) is 5.06. The minimum absolute atomic E-state index is 0.278. The number of urea groups is 1. The molecule has 1 aliphatic carbocycles. The van der Waals surface area contributed by atoms with E-state index < -0.39 is 0 Å². The fourth-order valence-electron chi connectivity index (χ4n) is 2.71. The molecule has 0 aromatic carbocycles. The summed E-state index contributed by atoms with van der Waals surface area (Å²) in [6.45, 7) is 2.68. The van der Waals surface area contributed by atoms with Crippen molar-refractivity contribution in [2.75, 3.05) is 19.6 Å². The van der Waals surface area contributed by atoms with Crippen molar-refractivity contribution in [1.82, 2.24) is 10.2 Å². The van der Waals surface area contributed by atoms with E-state index in [1.54, 1.807) is 10.5 Å². The fraction of sp³-hybridized carbons (Fsp3) is 0.769. The fourth-order valence-corrected chi connectivity index (χ4v) is 2.71. The Morgan fingerprint density at radius 1 is 1.47 bits per heavy atom. The zero-order valence-electron chi connectivity index (χ0n) is 10.5. The number of nitrogens with two attached hydrogens (primary N) is 1. The van der Waals surface area contributed by atoms with Gasteiger partial charge in [0.25, 0.3) is 0 Å². The van der Waals surface area contributed by atoms with Crippen molar-refractivity contribution in [3.63, 3.8) is 0 Å². The number of primary amides is 1. The Hall–Kier alpha value is -1.03. The topological polar surface area (TPSA) is 58.4 Å². The highest BCUT2D eigenvalue weighted by molar-refractivity contribution is 5.72. The second-order valence-corrected chi connectivity index (χ2v) is 5.06. The van der Waals surface area contributed by atoms with E-state index in [4.69, 9.17) is 5.73 Å². The Kier molecular flexibility index (Phi) is 4.42. The van der Waals surface area contributed by atoms with Gasteiger partial charge in [-0.05, 0) is 45.1 Å². The van der Waals surface area contributed by atoms with Gasteiger partial charge in [-0.25, -0.2) is 4.79 Å². The van der Waals surface area contributed by atoms with Crippen molar-refractivity contribution in [3.05, 3.63) is 11.6 Å². The summed E-state index contributed by atoms with van der Waals surface area (Å²) in [4.78, 5) is 12.7. The number of nitrogens with zero attached hydrogens (tertiary/aromatic N) is 1. The first-order valence-corrected chi connectivity index (χ1v) is 6.71. The average Bonchev–Trinajstić information content (AvgIpc) is 2.83. The number of amides is 2. The van der Waals surface area contributed by atoms with Crippen molar-refractivity contribution >= 4 is 6.03 Å². The molecule has 4 nitrogen and oxygen atoms in total. The maximum absolute atomic E-state index is 11.0. The van der Waals surface area contributed by atoms with Crippen LogP contribution in [0.25, 0.3) is 0 Å². The standard InChI is InChI=1S/C13H23N3O/c14-13(17)16-9-6-12(7-10-16)15-8-5-11-3-1-2-4-11/h3,12,15H,1-2,4-10H2,(H2,14,17). The smallest absolute Gasteiger partial charge is 0.314 e. The Morgan fingerprint density at radius 3 is 2.82 bits per heavy atom. The van der Waals surface area contributed by atoms with E-state index in [1.807, 2.05) is 0 Å². The van der Waals surface area contributed by atoms with Gasteiger partial charge in [0, 0.05) is 19.1 Å². The molecule has 0 aromatic rings. The molecule has 1 saturated heterocycles. The van der Waals surface area contributed by atoms with E-state index >= 15 is 0 Å². The van der Waals surface area contributed by atoms with Gasteiger partial charge in [0.15, 0.2) is 0 Å². The zero-order chi connectivity index (χ0) is 12.1. The van der Waals surface area contributed by atoms with Crippen LogP contribution in [0.15, 0.2) is 11.6 Å². The summed E-state index contributed by atoms with van der Waals surface area (Å²) in [5, 5.41) is 3.59. The first kappa shape index (κ1) is 12.4. The SMILES string of the molecule is NC(=O)N1CCC(NCCC2=CCCC2)CC1. The molecule has 0 spiro atoms. The molecule has 1 heterocycles. The van der Waals surface area contributed by atoms with Crippen LogP contribution in [0.3, 0.4) is 0 Å². The van der Waals surface area contributed by atoms with Gasteiger partial charge in [-0.15, -0.1) is 0 Å². The van der Waals surface area contributed by atoms with Gasteiger partial charge in [-0.2, -0.15) is 0 Å². The molecule has 96 valence electrons. The molecule has 0 unspecified atom stereocenters. The molecule has 2 rings (SSSR count). The number of likely N-dealkylation sites (tertiary alicyclic amines) is 1. The van der Waals surface area contributed by atoms with E-state index in [-0.39, 0.29) is 6.03 Å². The number of nitrogens with one attached hydrogen (secondary N) is 1. The summed E-state index contributed by atoms with van der Waals surface area (Å²) in [6, 6.07) is 0.284. The summed E-state index contributed by atoms with van der Waals surface area (Å²) in [6.07, 6.45) is 9.54. The summed E-state index contributed by atoms with van der Waals surface area (Å²) < 4.78 is 0. The van der Waals surface area contributed by atoms with E-state index in [0.29, 0.717) is 6.04 Å². The third-order valence-corrected chi connectivity index (χ3v) is 3.82. The number of hydrogen-bond donors (Lipinski definition) is 2. The van der Waals surface area contributed by atoms with Crippen LogP contribution in [-0.2, 0) is 0 Å². The maximum atomic E-state index is 11.0. The average molecular weight is 237 g/mol. The summed E-state index contributed by atoms with van der Waals surface area (Å²) in [7, 11) is 0. The molecule has 3 N–H and O–H groups in total. The number of piperidine rings is 1. The highest BCUT2D eigenvalue weighted by atomic mass is 16.2. The minimum atomic E-state index is -0.278. The van der Waals surface area contributed by atoms with Gasteiger partial charge in [0.1, 0.15) is 0 Å². The molecule has 0 saturated carbocycles. The first-order chi connectivity index (χ1) is 8.25. The minimum Gasteiger partial charge on any atom is -0.351 e. The number of allylic oxidation sites excluding steroid dienone is 1. The van der Waals surface area contributed by atoms with Crippen LogP contribution in [-0.4, -0.2) is 36.6 Å². The van der Waals surface area contributed by atoms with Crippen LogP contribution < -0.4 is 11.1 Å². The molecule has 17 heavy (non-hydrogen) atoms. The zero-order valence-corrected chi connectivity index (χ0v) is 10.5. The van der Waals surface area contributed by atoms with Crippen LogP contribution in [0, 0.1) is 0 Å². The van der Waals surface area contributed by atoms with Crippen LogP contribution in [0.4, 0.5) is 4.79 Å². The van der Waals surface area contributed by atoms with Gasteiger partial charge in [0.05, 0.1) is 0 Å². The molecule has 2 aliphatic rings. The second kappa shape index (κ2) is 6.05. The molecular formula is C13H23N3O. The Morgan fingerprint density at radius 2 is 2.24 bits per heavy atom. The molecular weight excluding hydrogens is 214 g/mol. The van der Waals surface area contributed by atoms with E-state index in [9.17, 15) is 4.79 Å². The van der Waals surface area contributed by atoms with Crippen LogP contribution in [0.2, 0.25) is 0 Å². The number of carbonyl (C=O) groups excluding carboxylic acids is 1. The Bertz CT molecular complexity index is 293. The van der Waals surface area contributed by atoms with E-state index in [1.165, 1.54) is 25.7 Å². The van der Waals surface area contributed by atoms with Gasteiger partial charge in [0.2, 0.25) is 0 Å². The number of carbonyl (C=O) groups is 1. The van der Waals surface area contributed by atoms with Crippen molar-refractivity contribution in [1.29, 1.82) is 0 Å². The molecule has 1 fully saturated rings. The Labute approximate surface area is 103 Å². The van der Waals surface area contributed by atoms with E-state index in [2.05, 4.69) is 11.4 Å². The third-order valence-electron chi connectivity index (χ3n) is 3.82. The van der Waals surface area contributed by atoms with Crippen LogP contribution in [0.5, 0.6) is 0 Å². The number of rotatable bonds is 4. The van der Waals surface area contributed by atoms with Gasteiger partial charge >= 0.3 is 6.03 Å². The molecule has 0 aromatic heterocycles. The molecule has 2 amide bonds. The molecule has 0 bridgehead atoms. The highest BCUT2D eigenvalue weighted by Gasteiger charge is 2.20. The van der Waals surface area contributed by atoms with Crippen molar-refractivity contribution in [2.45, 2.75) is 44.6 Å². The van der Waals surface area contributed by atoms with Crippen LogP contribution in [0.1, 0.15) is 38.5 Å². The lowest BCUT2D eigenvalue weighted by atomic mass is 10.0. The summed E-state index contributed by atoms with van der Waals surface area (Å²) in [5.41, 5.74) is 6.87. The monoisotopic (exact) mass is 237 g/mol. The molecule has 1 aliphatic heterocycles. The normalized spacial score (nSPS) is 21.6. The highest BCUT2D eigenvalue weighted by Crippen LogP contribution is 2.20. The lowest BCUT2D eigenvalue weighted by molar-refractivity contribution is 0.185. The lowest BCUT2D eigenvalue weighted by Crippen LogP contribution is -2.46. The molecule has 4 heteroatoms. The predicted octanol–water partition coefficient (Wildman–Crippen LogP) is 1.62. The molecule has 0 atom stereocenters. The maximum Gasteiger partial charge on any atom is 0.314 e. The van der Waals surface area contributed by atoms with Gasteiger partial charge in [-0.1, -0.05) is 11.6 Å². The van der Waals surface area contributed by atoms with Crippen molar-refractivity contribution in [3.8, 4) is 0 Å². The predicted molar refractivity (Wildman–Crippen MR) is 68.7 cm³/mol. The quantitative estimate of drug-likeness (QED) is 0.730. The molecule has 0 radical (unpaired) electrons. The van der Waals surface area contributed by atoms with E-state index in [0.717, 1.165) is 32.5 Å². The first-order valence-electron chi connectivity index (χ1n) is 6.71. The summed E-state index contributed by atoms with van der Waals surface area (Å²) >= 11 is 0. The summed E-state index contributed by atoms with van der Waals surface area (Å²) in [5.74, 6) is 0. The lowest BCUT2D eigenvalue weighted by Gasteiger charge is -2.31. The third kappa shape index (κ3) is 3.73. The van der Waals surface area contributed by atoms with Crippen LogP contribution >= 0.6 is 0 Å². The van der Waals surface area contributed by atoms with Crippen molar-refractivity contribution in [2.24, 2.45) is 5.73 Å². The number of hydrogen-bond acceptors (Lipinski definition) is 2. The van der Waals surface area contributed by atoms with Gasteiger partial charge < -0.3 is 16.0 Å². The van der Waals surface area contributed by atoms with Crippen molar-refractivity contribution < 1.29 is 4.79 Å². The Balaban J connectivity index is 1.60.